The van der Waals surface area contributed by atoms with E-state index in [0.29, 0.717) is 37.3 Å². The van der Waals surface area contributed by atoms with Crippen molar-refractivity contribution in [3.63, 3.8) is 0 Å². The predicted octanol–water partition coefficient (Wildman–Crippen LogP) is 4.00. The number of nitrogens with one attached hydrogen (secondary N) is 1. The third-order valence-corrected chi connectivity index (χ3v) is 5.55. The molecule has 1 fully saturated rings. The topological polar surface area (TPSA) is 102 Å². The lowest BCUT2D eigenvalue weighted by Crippen LogP contribution is -2.39. The van der Waals surface area contributed by atoms with Crippen LogP contribution in [0.5, 0.6) is 0 Å². The van der Waals surface area contributed by atoms with Gasteiger partial charge in [0.25, 0.3) is 11.6 Å². The number of hydrogen-bond acceptors (Lipinski definition) is 6. The van der Waals surface area contributed by atoms with Crippen molar-refractivity contribution < 1.29 is 19.2 Å². The molecule has 1 amide bonds. The van der Waals surface area contributed by atoms with E-state index in [1.165, 1.54) is 6.07 Å². The molecule has 2 aromatic carbocycles. The lowest BCUT2D eigenvalue weighted by atomic mass is 9.96. The van der Waals surface area contributed by atoms with Gasteiger partial charge in [0, 0.05) is 24.8 Å². The van der Waals surface area contributed by atoms with E-state index < -0.39 is 17.0 Å². The molecule has 0 aromatic heterocycles. The fourth-order valence-corrected chi connectivity index (χ4v) is 3.75. The number of carbonyl (C=O) groups excluding carboxylic acids is 2. The molecule has 1 aliphatic rings. The Morgan fingerprint density at radius 3 is 2.48 bits per heavy atom. The molecule has 31 heavy (non-hydrogen) atoms. The number of hydrogen-bond donors (Lipinski definition) is 1. The largest absolute Gasteiger partial charge is 0.452 e. The van der Waals surface area contributed by atoms with Crippen molar-refractivity contribution in [2.24, 2.45) is 5.92 Å². The van der Waals surface area contributed by atoms with E-state index in [4.69, 9.17) is 4.74 Å². The number of esters is 1. The highest BCUT2D eigenvalue weighted by molar-refractivity contribution is 5.95. The molecule has 0 aliphatic carbocycles. The molecule has 1 N–H and O–H groups in total. The van der Waals surface area contributed by atoms with Crippen LogP contribution in [-0.4, -0.2) is 36.0 Å². The lowest BCUT2D eigenvalue weighted by Gasteiger charge is -2.32. The quantitative estimate of drug-likeness (QED) is 0.426. The number of aryl methyl sites for hydroxylation is 2. The minimum atomic E-state index is -0.915. The third-order valence-electron chi connectivity index (χ3n) is 5.55. The van der Waals surface area contributed by atoms with Gasteiger partial charge >= 0.3 is 5.97 Å². The smallest absolute Gasteiger partial charge is 0.309 e. The van der Waals surface area contributed by atoms with E-state index in [0.717, 1.165) is 11.1 Å². The lowest BCUT2D eigenvalue weighted by molar-refractivity contribution is -0.384. The number of nitrogens with zero attached hydrogens (tertiary/aromatic N) is 2. The van der Waals surface area contributed by atoms with E-state index in [-0.39, 0.29) is 17.5 Å². The molecule has 3 rings (SSSR count). The highest BCUT2D eigenvalue weighted by Crippen LogP contribution is 2.31. The standard InChI is InChI=1S/C23H27N3O5/c1-15-8-9-19(16(2)14-15)24-22(27)17(3)31-23(28)18-10-12-25(13-11-18)20-6-4-5-7-21(20)26(29)30/h4-9,14,17-18H,10-13H2,1-3H3,(H,24,27)/t17-/m0/s1. The number of para-hydroxylation sites is 2. The van der Waals surface area contributed by atoms with Crippen LogP contribution in [0, 0.1) is 29.9 Å². The van der Waals surface area contributed by atoms with E-state index in [1.807, 2.05) is 36.9 Å². The second-order valence-electron chi connectivity index (χ2n) is 7.89. The van der Waals surface area contributed by atoms with Gasteiger partial charge in [-0.25, -0.2) is 0 Å². The normalized spacial score (nSPS) is 15.3. The van der Waals surface area contributed by atoms with Gasteiger partial charge in [0.05, 0.1) is 10.8 Å². The van der Waals surface area contributed by atoms with E-state index in [1.54, 1.807) is 25.1 Å². The summed E-state index contributed by atoms with van der Waals surface area (Å²) in [5, 5.41) is 14.1. The zero-order valence-corrected chi connectivity index (χ0v) is 18.0. The first-order valence-corrected chi connectivity index (χ1v) is 10.3. The first-order chi connectivity index (χ1) is 14.8. The first kappa shape index (κ1) is 22.3. The molecular weight excluding hydrogens is 398 g/mol. The highest BCUT2D eigenvalue weighted by atomic mass is 16.6. The molecule has 0 spiro atoms. The van der Waals surface area contributed by atoms with Gasteiger partial charge in [-0.15, -0.1) is 0 Å². The summed E-state index contributed by atoms with van der Waals surface area (Å²) in [4.78, 5) is 37.8. The Bertz CT molecular complexity index is 983. The van der Waals surface area contributed by atoms with Crippen LogP contribution in [0.3, 0.4) is 0 Å². The Balaban J connectivity index is 1.54. The second kappa shape index (κ2) is 9.59. The SMILES string of the molecule is Cc1ccc(NC(=O)[C@H](C)OC(=O)C2CCN(c3ccccc3[N+](=O)[O-])CC2)c(C)c1. The molecule has 8 heteroatoms. The van der Waals surface area contributed by atoms with Crippen LogP contribution in [0.1, 0.15) is 30.9 Å². The van der Waals surface area contributed by atoms with Gasteiger partial charge in [-0.3, -0.25) is 19.7 Å². The highest BCUT2D eigenvalue weighted by Gasteiger charge is 2.30. The minimum Gasteiger partial charge on any atom is -0.452 e. The van der Waals surface area contributed by atoms with Crippen molar-refractivity contribution in [3.05, 3.63) is 63.7 Å². The number of rotatable bonds is 6. The Kier molecular flexibility index (Phi) is 6.89. The summed E-state index contributed by atoms with van der Waals surface area (Å²) >= 11 is 0. The fourth-order valence-electron chi connectivity index (χ4n) is 3.75. The van der Waals surface area contributed by atoms with Gasteiger partial charge in [0.2, 0.25) is 0 Å². The number of anilines is 2. The summed E-state index contributed by atoms with van der Waals surface area (Å²) in [6.45, 7) is 6.45. The van der Waals surface area contributed by atoms with E-state index in [9.17, 15) is 19.7 Å². The fraction of sp³-hybridized carbons (Fsp3) is 0.391. The molecule has 1 aliphatic heterocycles. The molecule has 0 saturated carbocycles. The van der Waals surface area contributed by atoms with Crippen molar-refractivity contribution in [2.75, 3.05) is 23.3 Å². The van der Waals surface area contributed by atoms with Gasteiger partial charge in [-0.2, -0.15) is 0 Å². The summed E-state index contributed by atoms with van der Waals surface area (Å²) in [6.07, 6.45) is 0.105. The molecule has 0 bridgehead atoms. The van der Waals surface area contributed by atoms with Crippen molar-refractivity contribution in [1.29, 1.82) is 0 Å². The maximum absolute atomic E-state index is 12.6. The number of carbonyl (C=O) groups is 2. The van der Waals surface area contributed by atoms with Crippen molar-refractivity contribution in [3.8, 4) is 0 Å². The maximum Gasteiger partial charge on any atom is 0.309 e. The van der Waals surface area contributed by atoms with Gasteiger partial charge in [-0.05, 0) is 51.3 Å². The molecule has 0 radical (unpaired) electrons. The zero-order valence-electron chi connectivity index (χ0n) is 18.0. The minimum absolute atomic E-state index is 0.0558. The summed E-state index contributed by atoms with van der Waals surface area (Å²) < 4.78 is 5.41. The number of amides is 1. The summed E-state index contributed by atoms with van der Waals surface area (Å²) in [7, 11) is 0. The van der Waals surface area contributed by atoms with Crippen LogP contribution < -0.4 is 10.2 Å². The average Bonchev–Trinajstić information content (AvgIpc) is 2.75. The molecule has 1 heterocycles. The van der Waals surface area contributed by atoms with Crippen molar-refractivity contribution >= 4 is 28.9 Å². The number of ether oxygens (including phenoxy) is 1. The Morgan fingerprint density at radius 1 is 1.16 bits per heavy atom. The average molecular weight is 425 g/mol. The Hall–Kier alpha value is -3.42. The zero-order chi connectivity index (χ0) is 22.5. The Labute approximate surface area is 181 Å². The van der Waals surface area contributed by atoms with Crippen LogP contribution in [-0.2, 0) is 14.3 Å². The summed E-state index contributed by atoms with van der Waals surface area (Å²) in [5.41, 5.74) is 3.34. The molecule has 1 saturated heterocycles. The van der Waals surface area contributed by atoms with Gasteiger partial charge in [-0.1, -0.05) is 29.8 Å². The van der Waals surface area contributed by atoms with Crippen molar-refractivity contribution in [1.82, 2.24) is 0 Å². The molecule has 0 unspecified atom stereocenters. The number of nitro groups is 1. The molecular formula is C23H27N3O5. The van der Waals surface area contributed by atoms with Gasteiger partial charge in [0.15, 0.2) is 6.10 Å². The summed E-state index contributed by atoms with van der Waals surface area (Å²) in [5.74, 6) is -1.13. The monoisotopic (exact) mass is 425 g/mol. The molecule has 8 nitrogen and oxygen atoms in total. The number of piperidine rings is 1. The predicted molar refractivity (Wildman–Crippen MR) is 118 cm³/mol. The molecule has 1 atom stereocenters. The second-order valence-corrected chi connectivity index (χ2v) is 7.89. The maximum atomic E-state index is 12.6. The van der Waals surface area contributed by atoms with Gasteiger partial charge in [0.1, 0.15) is 5.69 Å². The van der Waals surface area contributed by atoms with E-state index >= 15 is 0 Å². The molecule has 164 valence electrons. The van der Waals surface area contributed by atoms with Gasteiger partial charge < -0.3 is 15.0 Å². The molecule has 2 aromatic rings. The van der Waals surface area contributed by atoms with Crippen LogP contribution in [0.4, 0.5) is 17.1 Å². The van der Waals surface area contributed by atoms with Crippen LogP contribution in [0.25, 0.3) is 0 Å². The van der Waals surface area contributed by atoms with Crippen LogP contribution in [0.2, 0.25) is 0 Å². The summed E-state index contributed by atoms with van der Waals surface area (Å²) in [6, 6.07) is 12.3. The van der Waals surface area contributed by atoms with Crippen LogP contribution >= 0.6 is 0 Å². The number of nitro benzene ring substituents is 1. The third kappa shape index (κ3) is 5.39. The van der Waals surface area contributed by atoms with E-state index in [2.05, 4.69) is 5.32 Å². The number of benzene rings is 2. The Morgan fingerprint density at radius 2 is 1.84 bits per heavy atom. The first-order valence-electron chi connectivity index (χ1n) is 10.3. The van der Waals surface area contributed by atoms with Crippen LogP contribution in [0.15, 0.2) is 42.5 Å². The van der Waals surface area contributed by atoms with Crippen molar-refractivity contribution in [2.45, 2.75) is 39.7 Å².